The molecule has 3 aromatic rings. The number of benzene rings is 2. The van der Waals surface area contributed by atoms with Gasteiger partial charge in [-0.15, -0.1) is 0 Å². The summed E-state index contributed by atoms with van der Waals surface area (Å²) in [7, 11) is 1.35. The molecule has 1 amide bonds. The summed E-state index contributed by atoms with van der Waals surface area (Å²) in [5.74, 6) is -0.194. The normalized spacial score (nSPS) is 10.6. The molecule has 150 valence electrons. The number of aromatic nitrogens is 2. The summed E-state index contributed by atoms with van der Waals surface area (Å²) in [6.45, 7) is 4.52. The van der Waals surface area contributed by atoms with Crippen molar-refractivity contribution in [1.29, 1.82) is 0 Å². The lowest BCUT2D eigenvalue weighted by molar-refractivity contribution is -0.118. The van der Waals surface area contributed by atoms with E-state index in [0.29, 0.717) is 12.1 Å². The Balaban J connectivity index is 1.55. The van der Waals surface area contributed by atoms with E-state index in [2.05, 4.69) is 47.1 Å². The van der Waals surface area contributed by atoms with Crippen LogP contribution in [0.2, 0.25) is 0 Å². The van der Waals surface area contributed by atoms with E-state index in [4.69, 9.17) is 0 Å². The molecule has 1 N–H and O–H groups in total. The molecule has 6 nitrogen and oxygen atoms in total. The number of thioether (sulfide) groups is 1. The fourth-order valence-electron chi connectivity index (χ4n) is 2.94. The summed E-state index contributed by atoms with van der Waals surface area (Å²) in [5, 5.41) is 3.66. The van der Waals surface area contributed by atoms with Gasteiger partial charge in [0.05, 0.1) is 18.4 Å². The lowest BCUT2D eigenvalue weighted by atomic mass is 10.1. The number of carbonyl (C=O) groups is 2. The molecule has 7 heteroatoms. The number of nitrogens with zero attached hydrogens (tertiary/aromatic N) is 2. The minimum absolute atomic E-state index is 0.0815. The minimum Gasteiger partial charge on any atom is -0.465 e. The van der Waals surface area contributed by atoms with Crippen molar-refractivity contribution in [3.63, 3.8) is 0 Å². The zero-order valence-corrected chi connectivity index (χ0v) is 17.5. The van der Waals surface area contributed by atoms with Gasteiger partial charge in [0.2, 0.25) is 5.91 Å². The van der Waals surface area contributed by atoms with Crippen LogP contribution in [0.5, 0.6) is 0 Å². The lowest BCUT2D eigenvalue weighted by Crippen LogP contribution is -2.24. The highest BCUT2D eigenvalue weighted by molar-refractivity contribution is 7.99. The van der Waals surface area contributed by atoms with E-state index in [0.717, 1.165) is 16.4 Å². The molecular weight excluding hydrogens is 386 g/mol. The van der Waals surface area contributed by atoms with Crippen LogP contribution in [-0.4, -0.2) is 34.3 Å². The van der Waals surface area contributed by atoms with E-state index in [9.17, 15) is 9.59 Å². The maximum Gasteiger partial charge on any atom is 0.337 e. The molecular formula is C22H23N3O3S. The van der Waals surface area contributed by atoms with Crippen LogP contribution in [0, 0.1) is 13.8 Å². The van der Waals surface area contributed by atoms with Gasteiger partial charge in [0, 0.05) is 24.6 Å². The number of hydrogen-bond donors (Lipinski definition) is 1. The molecule has 0 atom stereocenters. The second-order valence-electron chi connectivity index (χ2n) is 6.68. The van der Waals surface area contributed by atoms with E-state index in [-0.39, 0.29) is 17.6 Å². The number of ether oxygens (including phenoxy) is 1. The van der Waals surface area contributed by atoms with Crippen LogP contribution >= 0.6 is 11.8 Å². The van der Waals surface area contributed by atoms with Crippen LogP contribution in [0.15, 0.2) is 60.0 Å². The Bertz CT molecular complexity index is 992. The molecule has 0 saturated heterocycles. The summed E-state index contributed by atoms with van der Waals surface area (Å²) in [5.41, 5.74) is 4.79. The number of nitrogens with one attached hydrogen (secondary N) is 1. The maximum absolute atomic E-state index is 12.2. The second-order valence-corrected chi connectivity index (χ2v) is 7.62. The predicted octanol–water partition coefficient (Wildman–Crippen LogP) is 3.68. The maximum atomic E-state index is 12.2. The highest BCUT2D eigenvalue weighted by atomic mass is 32.2. The molecule has 3 rings (SSSR count). The molecule has 0 bridgehead atoms. The van der Waals surface area contributed by atoms with Gasteiger partial charge >= 0.3 is 5.97 Å². The molecule has 0 radical (unpaired) electrons. The fourth-order valence-corrected chi connectivity index (χ4v) is 3.74. The molecule has 0 aliphatic carbocycles. The Labute approximate surface area is 174 Å². The van der Waals surface area contributed by atoms with Crippen molar-refractivity contribution < 1.29 is 14.3 Å². The molecule has 0 aliphatic rings. The van der Waals surface area contributed by atoms with Gasteiger partial charge < -0.3 is 10.1 Å². The average molecular weight is 410 g/mol. The third kappa shape index (κ3) is 5.48. The molecule has 0 aliphatic heterocycles. The van der Waals surface area contributed by atoms with Gasteiger partial charge in [0.15, 0.2) is 5.16 Å². The van der Waals surface area contributed by atoms with Crippen molar-refractivity contribution in [2.45, 2.75) is 25.5 Å². The molecule has 0 unspecified atom stereocenters. The SMILES string of the molecule is COC(=O)c1ccc(CNC(=O)CSc2nccn2-c2cc(C)cc(C)c2)cc1. The van der Waals surface area contributed by atoms with Gasteiger partial charge in [-0.2, -0.15) is 0 Å². The van der Waals surface area contributed by atoms with Crippen LogP contribution < -0.4 is 5.32 Å². The number of esters is 1. The van der Waals surface area contributed by atoms with Crippen molar-refractivity contribution in [2.24, 2.45) is 0 Å². The van der Waals surface area contributed by atoms with Gasteiger partial charge in [-0.3, -0.25) is 9.36 Å². The summed E-state index contributed by atoms with van der Waals surface area (Å²) in [6, 6.07) is 13.3. The summed E-state index contributed by atoms with van der Waals surface area (Å²) in [6.07, 6.45) is 3.64. The molecule has 0 saturated carbocycles. The molecule has 29 heavy (non-hydrogen) atoms. The highest BCUT2D eigenvalue weighted by Crippen LogP contribution is 2.22. The molecule has 2 aromatic carbocycles. The third-order valence-corrected chi connectivity index (χ3v) is 5.26. The van der Waals surface area contributed by atoms with Crippen molar-refractivity contribution in [2.75, 3.05) is 12.9 Å². The van der Waals surface area contributed by atoms with Gasteiger partial charge in [0.1, 0.15) is 0 Å². The van der Waals surface area contributed by atoms with E-state index in [1.54, 1.807) is 30.5 Å². The lowest BCUT2D eigenvalue weighted by Gasteiger charge is -2.10. The van der Waals surface area contributed by atoms with Crippen LogP contribution in [0.3, 0.4) is 0 Å². The topological polar surface area (TPSA) is 73.2 Å². The summed E-state index contributed by atoms with van der Waals surface area (Å²) >= 11 is 1.39. The number of carbonyl (C=O) groups excluding carboxylic acids is 2. The van der Waals surface area contributed by atoms with Gasteiger partial charge in [0.25, 0.3) is 0 Å². The Kier molecular flexibility index (Phi) is 6.72. The molecule has 1 heterocycles. The summed E-state index contributed by atoms with van der Waals surface area (Å²) in [4.78, 5) is 28.1. The van der Waals surface area contributed by atoms with Crippen molar-refractivity contribution in [3.05, 3.63) is 77.1 Å². The quantitative estimate of drug-likeness (QED) is 0.476. The standard InChI is InChI=1S/C22H23N3O3S/c1-15-10-16(2)12-19(11-15)25-9-8-23-22(25)29-14-20(26)24-13-17-4-6-18(7-5-17)21(27)28-3/h4-12H,13-14H2,1-3H3,(H,24,26). The molecule has 0 spiro atoms. The van der Waals surface area contributed by atoms with Crippen molar-refractivity contribution in [3.8, 4) is 5.69 Å². The van der Waals surface area contributed by atoms with E-state index in [1.807, 2.05) is 10.8 Å². The first-order chi connectivity index (χ1) is 14.0. The van der Waals surface area contributed by atoms with Gasteiger partial charge in [-0.25, -0.2) is 9.78 Å². The van der Waals surface area contributed by atoms with Gasteiger partial charge in [-0.05, 0) is 54.8 Å². The zero-order chi connectivity index (χ0) is 20.8. The predicted molar refractivity (Wildman–Crippen MR) is 113 cm³/mol. The van der Waals surface area contributed by atoms with E-state index < -0.39 is 0 Å². The van der Waals surface area contributed by atoms with Crippen LogP contribution in [0.4, 0.5) is 0 Å². The first-order valence-electron chi connectivity index (χ1n) is 9.15. The average Bonchev–Trinajstić information content (AvgIpc) is 3.18. The smallest absolute Gasteiger partial charge is 0.337 e. The number of hydrogen-bond acceptors (Lipinski definition) is 5. The Morgan fingerprint density at radius 3 is 2.45 bits per heavy atom. The highest BCUT2D eigenvalue weighted by Gasteiger charge is 2.10. The van der Waals surface area contributed by atoms with Crippen molar-refractivity contribution in [1.82, 2.24) is 14.9 Å². The van der Waals surface area contributed by atoms with Gasteiger partial charge in [-0.1, -0.05) is 30.0 Å². The monoisotopic (exact) mass is 409 g/mol. The number of rotatable bonds is 7. The summed E-state index contributed by atoms with van der Waals surface area (Å²) < 4.78 is 6.67. The van der Waals surface area contributed by atoms with Crippen LogP contribution in [0.25, 0.3) is 5.69 Å². The van der Waals surface area contributed by atoms with Crippen molar-refractivity contribution >= 4 is 23.6 Å². The fraction of sp³-hybridized carbons (Fsp3) is 0.227. The Morgan fingerprint density at radius 1 is 1.10 bits per heavy atom. The molecule has 1 aromatic heterocycles. The van der Waals surface area contributed by atoms with Crippen LogP contribution in [-0.2, 0) is 16.1 Å². The zero-order valence-electron chi connectivity index (χ0n) is 16.6. The second kappa shape index (κ2) is 9.43. The molecule has 0 fully saturated rings. The van der Waals surface area contributed by atoms with E-state index in [1.165, 1.54) is 30.0 Å². The minimum atomic E-state index is -0.378. The number of aryl methyl sites for hydroxylation is 2. The number of amides is 1. The van der Waals surface area contributed by atoms with Crippen LogP contribution in [0.1, 0.15) is 27.0 Å². The number of imidazole rings is 1. The Hall–Kier alpha value is -3.06. The number of methoxy groups -OCH3 is 1. The third-order valence-electron chi connectivity index (χ3n) is 4.29. The largest absolute Gasteiger partial charge is 0.465 e. The first kappa shape index (κ1) is 20.7. The Morgan fingerprint density at radius 2 is 1.79 bits per heavy atom. The van der Waals surface area contributed by atoms with E-state index >= 15 is 0 Å². The first-order valence-corrected chi connectivity index (χ1v) is 10.1.